The summed E-state index contributed by atoms with van der Waals surface area (Å²) in [7, 11) is -1.33. The van der Waals surface area contributed by atoms with Gasteiger partial charge >= 0.3 is 0 Å². The van der Waals surface area contributed by atoms with Crippen LogP contribution in [0.3, 0.4) is 0 Å². The molecule has 0 unspecified atom stereocenters. The van der Waals surface area contributed by atoms with Crippen LogP contribution in [0.4, 0.5) is 0 Å². The molecule has 2 aromatic carbocycles. The van der Waals surface area contributed by atoms with Crippen LogP contribution in [0.5, 0.6) is 0 Å². The van der Waals surface area contributed by atoms with Gasteiger partial charge in [0.15, 0.2) is 0 Å². The highest BCUT2D eigenvalue weighted by atomic mass is 31.2. The number of hydrogen-bond donors (Lipinski definition) is 1. The summed E-state index contributed by atoms with van der Waals surface area (Å²) in [4.78, 5) is 0. The SMILES string of the molecule is NP(OCc1ccccc1)OCc1ccccc1. The van der Waals surface area contributed by atoms with Gasteiger partial charge in [-0.1, -0.05) is 60.7 Å². The molecule has 0 aliphatic carbocycles. The smallest absolute Gasteiger partial charge is 0.253 e. The van der Waals surface area contributed by atoms with E-state index < -0.39 is 8.53 Å². The Bertz CT molecular complexity index is 406. The Labute approximate surface area is 109 Å². The zero-order valence-electron chi connectivity index (χ0n) is 10.0. The van der Waals surface area contributed by atoms with Crippen LogP contribution >= 0.6 is 8.53 Å². The summed E-state index contributed by atoms with van der Waals surface area (Å²) in [5, 5.41) is 0. The first-order valence-corrected chi connectivity index (χ1v) is 6.98. The van der Waals surface area contributed by atoms with Crippen molar-refractivity contribution in [1.29, 1.82) is 0 Å². The summed E-state index contributed by atoms with van der Waals surface area (Å²) >= 11 is 0. The molecule has 94 valence electrons. The number of hydrogen-bond acceptors (Lipinski definition) is 3. The maximum Gasteiger partial charge on any atom is 0.253 e. The second-order valence-electron chi connectivity index (χ2n) is 3.80. The topological polar surface area (TPSA) is 44.5 Å². The van der Waals surface area contributed by atoms with Gasteiger partial charge in [-0.2, -0.15) is 0 Å². The quantitative estimate of drug-likeness (QED) is 0.808. The summed E-state index contributed by atoms with van der Waals surface area (Å²) in [6.45, 7) is 0.968. The van der Waals surface area contributed by atoms with Gasteiger partial charge in [0.2, 0.25) is 0 Å². The highest BCUT2D eigenvalue weighted by Gasteiger charge is 2.04. The van der Waals surface area contributed by atoms with Crippen LogP contribution < -0.4 is 5.50 Å². The Hall–Kier alpha value is -1.25. The average Bonchev–Trinajstić information content (AvgIpc) is 2.45. The van der Waals surface area contributed by atoms with Crippen LogP contribution in [0.2, 0.25) is 0 Å². The van der Waals surface area contributed by atoms with Gasteiger partial charge in [-0.3, -0.25) is 5.50 Å². The summed E-state index contributed by atoms with van der Waals surface area (Å²) in [5.41, 5.74) is 7.98. The second kappa shape index (κ2) is 7.24. The monoisotopic (exact) mass is 261 g/mol. The third-order valence-electron chi connectivity index (χ3n) is 2.40. The minimum absolute atomic E-state index is 0.484. The zero-order chi connectivity index (χ0) is 12.6. The fraction of sp³-hybridized carbons (Fsp3) is 0.143. The van der Waals surface area contributed by atoms with E-state index in [2.05, 4.69) is 0 Å². The lowest BCUT2D eigenvalue weighted by atomic mass is 10.2. The van der Waals surface area contributed by atoms with Gasteiger partial charge in [0.1, 0.15) is 0 Å². The molecule has 0 fully saturated rings. The maximum absolute atomic E-state index is 5.79. The lowest BCUT2D eigenvalue weighted by Crippen LogP contribution is -1.99. The van der Waals surface area contributed by atoms with Crippen molar-refractivity contribution in [3.63, 3.8) is 0 Å². The number of nitrogens with two attached hydrogens (primary N) is 1. The van der Waals surface area contributed by atoms with Gasteiger partial charge in [0.25, 0.3) is 8.53 Å². The van der Waals surface area contributed by atoms with E-state index in [9.17, 15) is 0 Å². The molecule has 0 spiro atoms. The molecule has 0 aromatic heterocycles. The van der Waals surface area contributed by atoms with E-state index >= 15 is 0 Å². The first-order chi connectivity index (χ1) is 8.84. The zero-order valence-corrected chi connectivity index (χ0v) is 10.9. The van der Waals surface area contributed by atoms with Crippen LogP contribution in [0, 0.1) is 0 Å². The molecule has 0 amide bonds. The van der Waals surface area contributed by atoms with Gasteiger partial charge in [0.05, 0.1) is 13.2 Å². The average molecular weight is 261 g/mol. The third kappa shape index (κ3) is 4.55. The Morgan fingerprint density at radius 2 is 1.11 bits per heavy atom. The van der Waals surface area contributed by atoms with Crippen molar-refractivity contribution in [2.75, 3.05) is 0 Å². The molecule has 18 heavy (non-hydrogen) atoms. The predicted octanol–water partition coefficient (Wildman–Crippen LogP) is 3.61. The molecular formula is C14H16NO2P. The molecule has 4 heteroatoms. The Morgan fingerprint density at radius 3 is 1.50 bits per heavy atom. The van der Waals surface area contributed by atoms with Crippen molar-refractivity contribution in [3.05, 3.63) is 71.8 Å². The summed E-state index contributed by atoms with van der Waals surface area (Å²) in [6.07, 6.45) is 0. The molecule has 0 saturated carbocycles. The van der Waals surface area contributed by atoms with Crippen molar-refractivity contribution < 1.29 is 9.05 Å². The molecule has 2 aromatic rings. The van der Waals surface area contributed by atoms with Crippen molar-refractivity contribution in [2.45, 2.75) is 13.2 Å². The van der Waals surface area contributed by atoms with E-state index in [0.29, 0.717) is 13.2 Å². The molecule has 0 radical (unpaired) electrons. The standard InChI is InChI=1S/C14H16NO2P/c15-18(16-11-13-7-3-1-4-8-13)17-12-14-9-5-2-6-10-14/h1-10H,11-12,15H2. The van der Waals surface area contributed by atoms with Crippen LogP contribution in [-0.2, 0) is 22.3 Å². The summed E-state index contributed by atoms with van der Waals surface area (Å²) in [5.74, 6) is 0. The number of rotatable bonds is 6. The Morgan fingerprint density at radius 1 is 0.722 bits per heavy atom. The third-order valence-corrected chi connectivity index (χ3v) is 3.17. The van der Waals surface area contributed by atoms with Gasteiger partial charge in [-0.25, -0.2) is 0 Å². The first-order valence-electron chi connectivity index (χ1n) is 5.73. The van der Waals surface area contributed by atoms with Crippen molar-refractivity contribution in [1.82, 2.24) is 0 Å². The van der Waals surface area contributed by atoms with Crippen LogP contribution in [0.25, 0.3) is 0 Å². The molecule has 2 N–H and O–H groups in total. The number of benzene rings is 2. The molecule has 0 heterocycles. The molecule has 3 nitrogen and oxygen atoms in total. The Kier molecular flexibility index (Phi) is 5.31. The minimum atomic E-state index is -1.33. The fourth-order valence-electron chi connectivity index (χ4n) is 1.46. The van der Waals surface area contributed by atoms with E-state index in [-0.39, 0.29) is 0 Å². The van der Waals surface area contributed by atoms with Gasteiger partial charge in [0, 0.05) is 0 Å². The van der Waals surface area contributed by atoms with Crippen molar-refractivity contribution >= 4 is 8.53 Å². The predicted molar refractivity (Wildman–Crippen MR) is 73.6 cm³/mol. The molecule has 0 aliphatic rings. The van der Waals surface area contributed by atoms with Crippen LogP contribution in [0.15, 0.2) is 60.7 Å². The summed E-state index contributed by atoms with van der Waals surface area (Å²) < 4.78 is 10.9. The van der Waals surface area contributed by atoms with Gasteiger partial charge in [-0.05, 0) is 11.1 Å². The summed E-state index contributed by atoms with van der Waals surface area (Å²) in [6, 6.07) is 19.8. The van der Waals surface area contributed by atoms with Crippen LogP contribution in [0.1, 0.15) is 11.1 Å². The van der Waals surface area contributed by atoms with Crippen molar-refractivity contribution in [3.8, 4) is 0 Å². The minimum Gasteiger partial charge on any atom is -0.317 e. The molecule has 0 bridgehead atoms. The molecule has 0 saturated heterocycles. The maximum atomic E-state index is 5.79. The molecular weight excluding hydrogens is 245 g/mol. The largest absolute Gasteiger partial charge is 0.317 e. The highest BCUT2D eigenvalue weighted by Crippen LogP contribution is 2.31. The Balaban J connectivity index is 1.71. The van der Waals surface area contributed by atoms with Gasteiger partial charge < -0.3 is 9.05 Å². The molecule has 0 aliphatic heterocycles. The fourth-order valence-corrected chi connectivity index (χ4v) is 2.09. The van der Waals surface area contributed by atoms with Crippen LogP contribution in [-0.4, -0.2) is 0 Å². The second-order valence-corrected chi connectivity index (χ2v) is 4.89. The first kappa shape index (κ1) is 13.2. The van der Waals surface area contributed by atoms with Crippen molar-refractivity contribution in [2.24, 2.45) is 5.50 Å². The van der Waals surface area contributed by atoms with E-state index in [1.54, 1.807) is 0 Å². The molecule has 2 rings (SSSR count). The van der Waals surface area contributed by atoms with Gasteiger partial charge in [-0.15, -0.1) is 0 Å². The molecule has 0 atom stereocenters. The van der Waals surface area contributed by atoms with E-state index in [1.807, 2.05) is 60.7 Å². The lowest BCUT2D eigenvalue weighted by molar-refractivity contribution is 0.236. The van der Waals surface area contributed by atoms with E-state index in [0.717, 1.165) is 11.1 Å². The van der Waals surface area contributed by atoms with E-state index in [4.69, 9.17) is 14.6 Å². The van der Waals surface area contributed by atoms with E-state index in [1.165, 1.54) is 0 Å². The normalized spacial score (nSPS) is 10.8. The lowest BCUT2D eigenvalue weighted by Gasteiger charge is -2.12. The highest BCUT2D eigenvalue weighted by molar-refractivity contribution is 7.44.